The van der Waals surface area contributed by atoms with Crippen molar-refractivity contribution in [1.29, 1.82) is 0 Å². The Kier molecular flexibility index (Phi) is 6.63. The first-order valence-electron chi connectivity index (χ1n) is 6.71. The number of piperidine rings is 1. The highest BCUT2D eigenvalue weighted by Gasteiger charge is 2.16. The maximum Gasteiger partial charge on any atom is 0.235 e. The molecule has 0 bridgehead atoms. The van der Waals surface area contributed by atoms with Gasteiger partial charge in [-0.05, 0) is 44.7 Å². The fourth-order valence-electron chi connectivity index (χ4n) is 2.22. The van der Waals surface area contributed by atoms with Gasteiger partial charge in [-0.2, -0.15) is 0 Å². The van der Waals surface area contributed by atoms with Gasteiger partial charge in [0.2, 0.25) is 5.91 Å². The van der Waals surface area contributed by atoms with Crippen LogP contribution in [-0.2, 0) is 14.6 Å². The highest BCUT2D eigenvalue weighted by molar-refractivity contribution is 7.92. The lowest BCUT2D eigenvalue weighted by Crippen LogP contribution is -2.35. The van der Waals surface area contributed by atoms with E-state index in [1.165, 1.54) is 12.8 Å². The molecule has 106 valence electrons. The van der Waals surface area contributed by atoms with E-state index in [9.17, 15) is 13.2 Å². The first kappa shape index (κ1) is 15.4. The van der Waals surface area contributed by atoms with Gasteiger partial charge in [0, 0.05) is 6.54 Å². The molecule has 0 aliphatic carbocycles. The molecular formula is C12H24N2O3S. The summed E-state index contributed by atoms with van der Waals surface area (Å²) >= 11 is 0. The molecular weight excluding hydrogens is 252 g/mol. The molecule has 1 heterocycles. The van der Waals surface area contributed by atoms with Crippen molar-refractivity contribution < 1.29 is 13.2 Å². The maximum atomic E-state index is 11.5. The Labute approximate surface area is 110 Å². The summed E-state index contributed by atoms with van der Waals surface area (Å²) < 4.78 is 22.9. The van der Waals surface area contributed by atoms with E-state index in [4.69, 9.17) is 0 Å². The predicted molar refractivity (Wildman–Crippen MR) is 72.2 cm³/mol. The average Bonchev–Trinajstić information content (AvgIpc) is 2.29. The molecule has 18 heavy (non-hydrogen) atoms. The topological polar surface area (TPSA) is 75.3 Å². The monoisotopic (exact) mass is 276 g/mol. The van der Waals surface area contributed by atoms with E-state index >= 15 is 0 Å². The third-order valence-electron chi connectivity index (χ3n) is 3.14. The zero-order valence-corrected chi connectivity index (χ0v) is 11.9. The summed E-state index contributed by atoms with van der Waals surface area (Å²) in [6.07, 6.45) is 3.86. The second-order valence-corrected chi connectivity index (χ2v) is 7.13. The van der Waals surface area contributed by atoms with E-state index in [0.717, 1.165) is 19.5 Å². The summed E-state index contributed by atoms with van der Waals surface area (Å²) in [5, 5.41) is 6.02. The van der Waals surface area contributed by atoms with Crippen molar-refractivity contribution in [2.24, 2.45) is 5.92 Å². The Hall–Kier alpha value is -0.620. The van der Waals surface area contributed by atoms with Crippen LogP contribution in [0.25, 0.3) is 0 Å². The molecule has 1 aliphatic rings. The Balaban J connectivity index is 2.16. The van der Waals surface area contributed by atoms with Gasteiger partial charge in [-0.3, -0.25) is 4.79 Å². The Morgan fingerprint density at radius 3 is 2.83 bits per heavy atom. The first-order valence-corrected chi connectivity index (χ1v) is 8.53. The fourth-order valence-corrected chi connectivity index (χ4v) is 3.49. The molecule has 0 saturated carbocycles. The van der Waals surface area contributed by atoms with E-state index in [1.807, 2.05) is 0 Å². The van der Waals surface area contributed by atoms with Crippen LogP contribution in [0.2, 0.25) is 0 Å². The summed E-state index contributed by atoms with van der Waals surface area (Å²) in [4.78, 5) is 11.5. The minimum atomic E-state index is -3.21. The van der Waals surface area contributed by atoms with E-state index in [0.29, 0.717) is 18.9 Å². The predicted octanol–water partition coefficient (Wildman–Crippen LogP) is 0.317. The van der Waals surface area contributed by atoms with Crippen LogP contribution in [-0.4, -0.2) is 45.5 Å². The number of carbonyl (C=O) groups is 1. The molecule has 1 atom stereocenters. The minimum absolute atomic E-state index is 0.0902. The van der Waals surface area contributed by atoms with Gasteiger partial charge in [0.05, 0.1) is 5.75 Å². The molecule has 6 heteroatoms. The third-order valence-corrected chi connectivity index (χ3v) is 4.87. The van der Waals surface area contributed by atoms with Crippen LogP contribution in [0.3, 0.4) is 0 Å². The molecule has 5 nitrogen and oxygen atoms in total. The Morgan fingerprint density at radius 2 is 2.22 bits per heavy atom. The maximum absolute atomic E-state index is 11.5. The molecule has 0 aromatic rings. The molecule has 0 radical (unpaired) electrons. The molecule has 0 aromatic heterocycles. The van der Waals surface area contributed by atoms with Gasteiger partial charge < -0.3 is 10.6 Å². The zero-order valence-electron chi connectivity index (χ0n) is 11.1. The van der Waals surface area contributed by atoms with Crippen LogP contribution in [0, 0.1) is 5.92 Å². The highest BCUT2D eigenvalue weighted by Crippen LogP contribution is 2.12. The van der Waals surface area contributed by atoms with Gasteiger partial charge in [0.15, 0.2) is 9.84 Å². The molecule has 1 rings (SSSR count). The summed E-state index contributed by atoms with van der Waals surface area (Å²) in [5.74, 6) is -0.0463. The van der Waals surface area contributed by atoms with Gasteiger partial charge in [0.25, 0.3) is 0 Å². The number of hydrogen-bond acceptors (Lipinski definition) is 4. The largest absolute Gasteiger partial charge is 0.355 e. The normalized spacial score (nSPS) is 20.6. The van der Waals surface area contributed by atoms with Crippen molar-refractivity contribution in [3.63, 3.8) is 0 Å². The second kappa shape index (κ2) is 7.74. The lowest BCUT2D eigenvalue weighted by molar-refractivity contribution is -0.118. The Morgan fingerprint density at radius 1 is 1.44 bits per heavy atom. The number of hydrogen-bond donors (Lipinski definition) is 2. The minimum Gasteiger partial charge on any atom is -0.355 e. The average molecular weight is 276 g/mol. The summed E-state index contributed by atoms with van der Waals surface area (Å²) in [5.41, 5.74) is 0. The van der Waals surface area contributed by atoms with Crippen LogP contribution in [0.5, 0.6) is 0 Å². The lowest BCUT2D eigenvalue weighted by atomic mass is 9.96. The Bertz CT molecular complexity index is 348. The van der Waals surface area contributed by atoms with Gasteiger partial charge in [-0.1, -0.05) is 6.92 Å². The van der Waals surface area contributed by atoms with Gasteiger partial charge >= 0.3 is 0 Å². The molecule has 0 aromatic carbocycles. The van der Waals surface area contributed by atoms with Gasteiger partial charge in [-0.15, -0.1) is 0 Å². The molecule has 0 spiro atoms. The van der Waals surface area contributed by atoms with Crippen LogP contribution in [0.4, 0.5) is 0 Å². The van der Waals surface area contributed by atoms with E-state index in [2.05, 4.69) is 10.6 Å². The molecule has 1 amide bonds. The first-order chi connectivity index (χ1) is 8.53. The number of rotatable bonds is 7. The smallest absolute Gasteiger partial charge is 0.235 e. The van der Waals surface area contributed by atoms with Gasteiger partial charge in [-0.25, -0.2) is 8.42 Å². The second-order valence-electron chi connectivity index (χ2n) is 4.94. The third kappa shape index (κ3) is 6.35. The summed E-state index contributed by atoms with van der Waals surface area (Å²) in [6.45, 7) is 4.46. The molecule has 1 fully saturated rings. The van der Waals surface area contributed by atoms with E-state index in [1.54, 1.807) is 6.92 Å². The van der Waals surface area contributed by atoms with Crippen LogP contribution in [0.1, 0.15) is 32.6 Å². The molecule has 2 N–H and O–H groups in total. The van der Waals surface area contributed by atoms with Crippen LogP contribution in [0.15, 0.2) is 0 Å². The van der Waals surface area contributed by atoms with Crippen molar-refractivity contribution in [3.05, 3.63) is 0 Å². The number of nitrogens with one attached hydrogen (secondary N) is 2. The summed E-state index contributed by atoms with van der Waals surface area (Å²) in [7, 11) is -3.21. The number of carbonyl (C=O) groups excluding carboxylic acids is 1. The zero-order chi connectivity index (χ0) is 13.4. The van der Waals surface area contributed by atoms with Crippen molar-refractivity contribution in [3.8, 4) is 0 Å². The molecule has 1 aliphatic heterocycles. The van der Waals surface area contributed by atoms with E-state index in [-0.39, 0.29) is 17.4 Å². The summed E-state index contributed by atoms with van der Waals surface area (Å²) in [6, 6.07) is 0. The van der Waals surface area contributed by atoms with Crippen molar-refractivity contribution in [2.45, 2.75) is 32.6 Å². The highest BCUT2D eigenvalue weighted by atomic mass is 32.2. The SMILES string of the molecule is CCCS(=O)(=O)CC(=O)NCCC1CCCNC1. The van der Waals surface area contributed by atoms with Crippen LogP contribution >= 0.6 is 0 Å². The van der Waals surface area contributed by atoms with E-state index < -0.39 is 9.84 Å². The van der Waals surface area contributed by atoms with Crippen molar-refractivity contribution in [1.82, 2.24) is 10.6 Å². The van der Waals surface area contributed by atoms with Crippen LogP contribution < -0.4 is 10.6 Å². The van der Waals surface area contributed by atoms with Gasteiger partial charge in [0.1, 0.15) is 5.75 Å². The lowest BCUT2D eigenvalue weighted by Gasteiger charge is -2.22. The molecule has 1 unspecified atom stereocenters. The number of amides is 1. The number of sulfone groups is 1. The quantitative estimate of drug-likeness (QED) is 0.702. The standard InChI is InChI=1S/C12H24N2O3S/c1-2-8-18(16,17)10-12(15)14-7-5-11-4-3-6-13-9-11/h11,13H,2-10H2,1H3,(H,14,15). The molecule has 1 saturated heterocycles. The fraction of sp³-hybridized carbons (Fsp3) is 0.917. The van der Waals surface area contributed by atoms with Crippen molar-refractivity contribution >= 4 is 15.7 Å². The van der Waals surface area contributed by atoms with Crippen molar-refractivity contribution in [2.75, 3.05) is 31.1 Å².